The molecule has 1 unspecified atom stereocenters. The van der Waals surface area contributed by atoms with Gasteiger partial charge in [0.05, 0.1) is 6.10 Å². The van der Waals surface area contributed by atoms with Gasteiger partial charge >= 0.3 is 0 Å². The number of rotatable bonds is 4. The van der Waals surface area contributed by atoms with E-state index in [-0.39, 0.29) is 0 Å². The smallest absolute Gasteiger partial charge is 0.0609 e. The molecule has 70 valence electrons. The Hall–Kier alpha value is -0.300. The first kappa shape index (κ1) is 9.79. The zero-order chi connectivity index (χ0) is 8.65. The van der Waals surface area contributed by atoms with Gasteiger partial charge in [0.15, 0.2) is 0 Å². The molecule has 0 aromatic rings. The predicted molar refractivity (Wildman–Crippen MR) is 52.3 cm³/mol. The largest absolute Gasteiger partial charge is 0.378 e. The normalized spacial score (nSPS) is 24.9. The minimum atomic E-state index is 0.520. The molecular weight excluding hydrogens is 148 g/mol. The van der Waals surface area contributed by atoms with Crippen LogP contribution in [0, 0.1) is 0 Å². The van der Waals surface area contributed by atoms with E-state index < -0.39 is 0 Å². The molecule has 1 aliphatic rings. The zero-order valence-corrected chi connectivity index (χ0v) is 8.09. The van der Waals surface area contributed by atoms with E-state index >= 15 is 0 Å². The minimum Gasteiger partial charge on any atom is -0.378 e. The fourth-order valence-electron chi connectivity index (χ4n) is 1.53. The van der Waals surface area contributed by atoms with Crippen LogP contribution in [0.15, 0.2) is 12.2 Å². The van der Waals surface area contributed by atoms with E-state index in [4.69, 9.17) is 4.74 Å². The van der Waals surface area contributed by atoms with Gasteiger partial charge in [0.1, 0.15) is 0 Å². The molecule has 0 bridgehead atoms. The number of hydrogen-bond acceptors (Lipinski definition) is 1. The third-order valence-corrected chi connectivity index (χ3v) is 2.29. The van der Waals surface area contributed by atoms with Gasteiger partial charge in [-0.25, -0.2) is 0 Å². The molecule has 0 aliphatic carbocycles. The quantitative estimate of drug-likeness (QED) is 0.585. The lowest BCUT2D eigenvalue weighted by Crippen LogP contribution is -2.17. The second-order valence-electron chi connectivity index (χ2n) is 3.48. The highest BCUT2D eigenvalue weighted by Crippen LogP contribution is 2.15. The van der Waals surface area contributed by atoms with Gasteiger partial charge in [0.2, 0.25) is 0 Å². The summed E-state index contributed by atoms with van der Waals surface area (Å²) in [5.74, 6) is 0. The maximum atomic E-state index is 5.61. The summed E-state index contributed by atoms with van der Waals surface area (Å²) in [5, 5.41) is 0. The SMILES string of the molecule is CCC/C=C/CC1CCCCO1. The van der Waals surface area contributed by atoms with Crippen LogP contribution in [0.4, 0.5) is 0 Å². The van der Waals surface area contributed by atoms with Crippen molar-refractivity contribution < 1.29 is 4.74 Å². The lowest BCUT2D eigenvalue weighted by atomic mass is 10.1. The van der Waals surface area contributed by atoms with E-state index in [1.54, 1.807) is 0 Å². The molecule has 0 aromatic carbocycles. The van der Waals surface area contributed by atoms with E-state index in [2.05, 4.69) is 19.1 Å². The average Bonchev–Trinajstić information content (AvgIpc) is 2.14. The molecule has 0 radical (unpaired) electrons. The molecule has 0 aromatic heterocycles. The highest BCUT2D eigenvalue weighted by Gasteiger charge is 2.10. The van der Waals surface area contributed by atoms with Gasteiger partial charge in [-0.2, -0.15) is 0 Å². The molecule has 1 rings (SSSR count). The van der Waals surface area contributed by atoms with Crippen molar-refractivity contribution >= 4 is 0 Å². The third kappa shape index (κ3) is 3.91. The summed E-state index contributed by atoms with van der Waals surface area (Å²) in [7, 11) is 0. The number of unbranched alkanes of at least 4 members (excludes halogenated alkanes) is 1. The van der Waals surface area contributed by atoms with Gasteiger partial charge in [-0.05, 0) is 32.1 Å². The Labute approximate surface area is 75.8 Å². The second kappa shape index (κ2) is 6.24. The number of hydrogen-bond donors (Lipinski definition) is 0. The monoisotopic (exact) mass is 168 g/mol. The first-order chi connectivity index (χ1) is 5.93. The summed E-state index contributed by atoms with van der Waals surface area (Å²) in [6.07, 6.45) is 12.5. The zero-order valence-electron chi connectivity index (χ0n) is 8.09. The fourth-order valence-corrected chi connectivity index (χ4v) is 1.53. The highest BCUT2D eigenvalue weighted by molar-refractivity contribution is 4.84. The van der Waals surface area contributed by atoms with E-state index in [1.807, 2.05) is 0 Å². The Kier molecular flexibility index (Phi) is 5.09. The molecule has 1 heterocycles. The molecular formula is C11H20O. The minimum absolute atomic E-state index is 0.520. The molecule has 1 aliphatic heterocycles. The van der Waals surface area contributed by atoms with Gasteiger partial charge in [0, 0.05) is 6.61 Å². The molecule has 0 saturated carbocycles. The van der Waals surface area contributed by atoms with Gasteiger partial charge in [-0.15, -0.1) is 0 Å². The molecule has 1 heteroatoms. The van der Waals surface area contributed by atoms with Crippen LogP contribution in [0.25, 0.3) is 0 Å². The number of ether oxygens (including phenoxy) is 1. The summed E-state index contributed by atoms with van der Waals surface area (Å²) in [6.45, 7) is 3.19. The van der Waals surface area contributed by atoms with Gasteiger partial charge in [-0.3, -0.25) is 0 Å². The van der Waals surface area contributed by atoms with Crippen LogP contribution < -0.4 is 0 Å². The molecule has 1 nitrogen and oxygen atoms in total. The molecule has 1 fully saturated rings. The molecule has 1 atom stereocenters. The van der Waals surface area contributed by atoms with Crippen LogP contribution in [0.1, 0.15) is 45.4 Å². The summed E-state index contributed by atoms with van der Waals surface area (Å²) in [6, 6.07) is 0. The van der Waals surface area contributed by atoms with Crippen LogP contribution in [-0.2, 0) is 4.74 Å². The molecule has 0 N–H and O–H groups in total. The van der Waals surface area contributed by atoms with Crippen molar-refractivity contribution in [3.8, 4) is 0 Å². The summed E-state index contributed by atoms with van der Waals surface area (Å²) < 4.78 is 5.61. The van der Waals surface area contributed by atoms with Crippen molar-refractivity contribution in [3.05, 3.63) is 12.2 Å². The first-order valence-electron chi connectivity index (χ1n) is 5.20. The van der Waals surface area contributed by atoms with Gasteiger partial charge in [-0.1, -0.05) is 25.5 Å². The van der Waals surface area contributed by atoms with Crippen LogP contribution in [-0.4, -0.2) is 12.7 Å². The topological polar surface area (TPSA) is 9.23 Å². The summed E-state index contributed by atoms with van der Waals surface area (Å²) in [5.41, 5.74) is 0. The van der Waals surface area contributed by atoms with Gasteiger partial charge < -0.3 is 4.74 Å². The van der Waals surface area contributed by atoms with Crippen molar-refractivity contribution in [1.82, 2.24) is 0 Å². The predicted octanol–water partition coefficient (Wildman–Crippen LogP) is 3.30. The van der Waals surface area contributed by atoms with Crippen molar-refractivity contribution in [3.63, 3.8) is 0 Å². The van der Waals surface area contributed by atoms with E-state index in [9.17, 15) is 0 Å². The maximum Gasteiger partial charge on any atom is 0.0609 e. The lowest BCUT2D eigenvalue weighted by Gasteiger charge is -2.20. The van der Waals surface area contributed by atoms with E-state index in [0.29, 0.717) is 6.10 Å². The average molecular weight is 168 g/mol. The maximum absolute atomic E-state index is 5.61. The summed E-state index contributed by atoms with van der Waals surface area (Å²) >= 11 is 0. The Balaban J connectivity index is 2.04. The Bertz CT molecular complexity index is 123. The van der Waals surface area contributed by atoms with Crippen LogP contribution >= 0.6 is 0 Å². The Morgan fingerprint density at radius 3 is 2.92 bits per heavy atom. The van der Waals surface area contributed by atoms with Gasteiger partial charge in [0.25, 0.3) is 0 Å². The lowest BCUT2D eigenvalue weighted by molar-refractivity contribution is 0.0184. The molecule has 1 saturated heterocycles. The summed E-state index contributed by atoms with van der Waals surface area (Å²) in [4.78, 5) is 0. The van der Waals surface area contributed by atoms with Crippen LogP contribution in [0.5, 0.6) is 0 Å². The fraction of sp³-hybridized carbons (Fsp3) is 0.818. The standard InChI is InChI=1S/C11H20O/c1-2-3-4-5-8-11-9-6-7-10-12-11/h4-5,11H,2-3,6-10H2,1H3/b5-4+. The van der Waals surface area contributed by atoms with Crippen LogP contribution in [0.3, 0.4) is 0 Å². The first-order valence-corrected chi connectivity index (χ1v) is 5.20. The van der Waals surface area contributed by atoms with Crippen LogP contribution in [0.2, 0.25) is 0 Å². The molecule has 0 spiro atoms. The Morgan fingerprint density at radius 2 is 2.25 bits per heavy atom. The van der Waals surface area contributed by atoms with Crippen molar-refractivity contribution in [2.45, 2.75) is 51.6 Å². The highest BCUT2D eigenvalue weighted by atomic mass is 16.5. The third-order valence-electron chi connectivity index (χ3n) is 2.29. The second-order valence-corrected chi connectivity index (χ2v) is 3.48. The Morgan fingerprint density at radius 1 is 1.33 bits per heavy atom. The molecule has 0 amide bonds. The molecule has 12 heavy (non-hydrogen) atoms. The van der Waals surface area contributed by atoms with E-state index in [0.717, 1.165) is 13.0 Å². The number of allylic oxidation sites excluding steroid dienone is 1. The van der Waals surface area contributed by atoms with E-state index in [1.165, 1.54) is 32.1 Å². The van der Waals surface area contributed by atoms with Crippen molar-refractivity contribution in [2.75, 3.05) is 6.61 Å². The van der Waals surface area contributed by atoms with Crippen molar-refractivity contribution in [1.29, 1.82) is 0 Å². The van der Waals surface area contributed by atoms with Crippen molar-refractivity contribution in [2.24, 2.45) is 0 Å².